The van der Waals surface area contributed by atoms with Crippen molar-refractivity contribution in [3.05, 3.63) is 59.9 Å². The van der Waals surface area contributed by atoms with Crippen molar-refractivity contribution in [1.82, 2.24) is 19.8 Å². The molecule has 5 aliphatic rings. The van der Waals surface area contributed by atoms with Crippen molar-refractivity contribution in [2.45, 2.75) is 51.0 Å². The monoisotopic (exact) mass is 466 g/mol. The maximum Gasteiger partial charge on any atom is 0.254 e. The summed E-state index contributed by atoms with van der Waals surface area (Å²) in [5.41, 5.74) is 5.05. The number of piperazine rings is 1. The molecule has 5 heteroatoms. The molecule has 5 fully saturated rings. The molecule has 0 unspecified atom stereocenters. The molecule has 0 spiro atoms. The molecule has 35 heavy (non-hydrogen) atoms. The van der Waals surface area contributed by atoms with Crippen LogP contribution >= 0.6 is 0 Å². The van der Waals surface area contributed by atoms with E-state index in [4.69, 9.17) is 4.98 Å². The number of nitrogens with zero attached hydrogens (tertiary/aromatic N) is 4. The Bertz CT molecular complexity index is 1240. The first-order valence-corrected chi connectivity index (χ1v) is 13.4. The van der Waals surface area contributed by atoms with Crippen molar-refractivity contribution in [2.75, 3.05) is 26.2 Å². The quantitative estimate of drug-likeness (QED) is 0.523. The molecule has 4 bridgehead atoms. The molecule has 3 heterocycles. The van der Waals surface area contributed by atoms with Gasteiger partial charge < -0.3 is 4.90 Å². The standard InChI is InChI=1S/C30H34N4O/c1-20-2-3-27-25(12-20)26(16-28(32-27)24-4-6-31-7-5-24)29(35)33-8-10-34(11-9-33)30-17-21-13-22(18-30)15-23(14-21)19-30/h2-7,12,16,21-23H,8-11,13-15,17-19H2,1H3. The van der Waals surface area contributed by atoms with Crippen LogP contribution < -0.4 is 0 Å². The maximum atomic E-state index is 13.9. The first-order chi connectivity index (χ1) is 17.1. The van der Waals surface area contributed by atoms with Crippen molar-refractivity contribution in [3.8, 4) is 11.3 Å². The summed E-state index contributed by atoms with van der Waals surface area (Å²) in [4.78, 5) is 27.8. The minimum atomic E-state index is 0.142. The molecule has 1 amide bonds. The number of aryl methyl sites for hydroxylation is 1. The summed E-state index contributed by atoms with van der Waals surface area (Å²) in [5, 5.41) is 0.955. The molecule has 180 valence electrons. The molecular formula is C30H34N4O. The summed E-state index contributed by atoms with van der Waals surface area (Å²) in [6.45, 7) is 5.74. The molecule has 1 aliphatic heterocycles. The van der Waals surface area contributed by atoms with Crippen LogP contribution in [0.15, 0.2) is 48.8 Å². The summed E-state index contributed by atoms with van der Waals surface area (Å²) in [7, 11) is 0. The predicted molar refractivity (Wildman–Crippen MR) is 138 cm³/mol. The van der Waals surface area contributed by atoms with Gasteiger partial charge >= 0.3 is 0 Å². The number of carbonyl (C=O) groups excluding carboxylic acids is 1. The molecule has 1 saturated heterocycles. The Morgan fingerprint density at radius 1 is 0.886 bits per heavy atom. The van der Waals surface area contributed by atoms with E-state index in [1.807, 2.05) is 24.3 Å². The van der Waals surface area contributed by atoms with Gasteiger partial charge in [-0.15, -0.1) is 0 Å². The molecule has 1 aromatic carbocycles. The van der Waals surface area contributed by atoms with Crippen LogP contribution in [0.25, 0.3) is 22.2 Å². The number of hydrogen-bond acceptors (Lipinski definition) is 4. The summed E-state index contributed by atoms with van der Waals surface area (Å²) < 4.78 is 0. The van der Waals surface area contributed by atoms with Crippen molar-refractivity contribution < 1.29 is 4.79 Å². The highest BCUT2D eigenvalue weighted by atomic mass is 16.2. The smallest absolute Gasteiger partial charge is 0.254 e. The van der Waals surface area contributed by atoms with E-state index in [9.17, 15) is 4.79 Å². The Labute approximate surface area is 207 Å². The third kappa shape index (κ3) is 3.67. The Morgan fingerprint density at radius 2 is 1.54 bits per heavy atom. The first kappa shape index (κ1) is 21.5. The zero-order valence-electron chi connectivity index (χ0n) is 20.6. The molecule has 4 saturated carbocycles. The van der Waals surface area contributed by atoms with E-state index in [0.29, 0.717) is 5.54 Å². The Hall–Kier alpha value is -2.79. The lowest BCUT2D eigenvalue weighted by Gasteiger charge is -2.61. The van der Waals surface area contributed by atoms with E-state index in [-0.39, 0.29) is 5.91 Å². The van der Waals surface area contributed by atoms with Gasteiger partial charge in [-0.3, -0.25) is 14.7 Å². The topological polar surface area (TPSA) is 49.3 Å². The van der Waals surface area contributed by atoms with E-state index >= 15 is 0 Å². The van der Waals surface area contributed by atoms with Crippen LogP contribution in [0.3, 0.4) is 0 Å². The van der Waals surface area contributed by atoms with Crippen molar-refractivity contribution in [1.29, 1.82) is 0 Å². The van der Waals surface area contributed by atoms with Crippen LogP contribution in [0, 0.1) is 24.7 Å². The predicted octanol–water partition coefficient (Wildman–Crippen LogP) is 5.33. The Balaban J connectivity index is 1.16. The molecule has 3 aromatic rings. The van der Waals surface area contributed by atoms with Gasteiger partial charge in [-0.2, -0.15) is 0 Å². The fourth-order valence-corrected chi connectivity index (χ4v) is 8.19. The first-order valence-electron chi connectivity index (χ1n) is 13.4. The van der Waals surface area contributed by atoms with Crippen LogP contribution in [-0.4, -0.2) is 57.4 Å². The van der Waals surface area contributed by atoms with Gasteiger partial charge in [0.15, 0.2) is 0 Å². The van der Waals surface area contributed by atoms with Gasteiger partial charge in [-0.1, -0.05) is 11.6 Å². The number of fused-ring (bicyclic) bond motifs is 1. The van der Waals surface area contributed by atoms with Crippen molar-refractivity contribution in [3.63, 3.8) is 0 Å². The molecule has 2 aromatic heterocycles. The second-order valence-electron chi connectivity index (χ2n) is 11.7. The molecule has 0 radical (unpaired) electrons. The minimum Gasteiger partial charge on any atom is -0.336 e. The average Bonchev–Trinajstić information content (AvgIpc) is 2.87. The second kappa shape index (κ2) is 8.12. The van der Waals surface area contributed by atoms with E-state index in [1.165, 1.54) is 38.5 Å². The molecule has 8 rings (SSSR count). The van der Waals surface area contributed by atoms with E-state index in [0.717, 1.165) is 77.2 Å². The lowest BCUT2D eigenvalue weighted by molar-refractivity contribution is -0.0987. The third-order valence-corrected chi connectivity index (χ3v) is 9.41. The molecule has 5 nitrogen and oxygen atoms in total. The summed E-state index contributed by atoms with van der Waals surface area (Å²) >= 11 is 0. The number of pyridine rings is 2. The molecule has 4 aliphatic carbocycles. The zero-order valence-corrected chi connectivity index (χ0v) is 20.6. The average molecular weight is 467 g/mol. The lowest BCUT2D eigenvalue weighted by atomic mass is 9.52. The van der Waals surface area contributed by atoms with Gasteiger partial charge in [0.2, 0.25) is 0 Å². The summed E-state index contributed by atoms with van der Waals surface area (Å²) in [6.07, 6.45) is 12.2. The van der Waals surface area contributed by atoms with Gasteiger partial charge in [0.25, 0.3) is 5.91 Å². The maximum absolute atomic E-state index is 13.9. The van der Waals surface area contributed by atoms with Crippen molar-refractivity contribution in [2.24, 2.45) is 17.8 Å². The van der Waals surface area contributed by atoms with E-state index < -0.39 is 0 Å². The van der Waals surface area contributed by atoms with E-state index in [2.05, 4.69) is 33.8 Å². The van der Waals surface area contributed by atoms with Crippen LogP contribution in [-0.2, 0) is 0 Å². The summed E-state index contributed by atoms with van der Waals surface area (Å²) in [6, 6.07) is 12.1. The SMILES string of the molecule is Cc1ccc2nc(-c3ccncc3)cc(C(=O)N3CCN(C45CC6CC(CC(C6)C4)C5)CC3)c2c1. The van der Waals surface area contributed by atoms with Crippen LogP contribution in [0.1, 0.15) is 54.4 Å². The molecule has 0 atom stereocenters. The summed E-state index contributed by atoms with van der Waals surface area (Å²) in [5.74, 6) is 3.01. The second-order valence-corrected chi connectivity index (χ2v) is 11.7. The van der Waals surface area contributed by atoms with E-state index in [1.54, 1.807) is 12.4 Å². The van der Waals surface area contributed by atoms with Gasteiger partial charge in [0.1, 0.15) is 0 Å². The number of benzene rings is 1. The highest BCUT2D eigenvalue weighted by molar-refractivity contribution is 6.07. The Kier molecular flexibility index (Phi) is 4.99. The van der Waals surface area contributed by atoms with Gasteiger partial charge in [0, 0.05) is 55.1 Å². The number of aromatic nitrogens is 2. The number of hydrogen-bond donors (Lipinski definition) is 0. The van der Waals surface area contributed by atoms with Gasteiger partial charge in [0.05, 0.1) is 16.8 Å². The van der Waals surface area contributed by atoms with Crippen LogP contribution in [0.4, 0.5) is 0 Å². The fraction of sp³-hybridized carbons (Fsp3) is 0.500. The number of amides is 1. The number of rotatable bonds is 3. The third-order valence-electron chi connectivity index (χ3n) is 9.41. The fourth-order valence-electron chi connectivity index (χ4n) is 8.19. The highest BCUT2D eigenvalue weighted by Gasteiger charge is 2.53. The molecular weight excluding hydrogens is 432 g/mol. The zero-order chi connectivity index (χ0) is 23.6. The van der Waals surface area contributed by atoms with Gasteiger partial charge in [-0.05, 0) is 93.5 Å². The van der Waals surface area contributed by atoms with Crippen molar-refractivity contribution >= 4 is 16.8 Å². The van der Waals surface area contributed by atoms with Crippen LogP contribution in [0.2, 0.25) is 0 Å². The largest absolute Gasteiger partial charge is 0.336 e. The van der Waals surface area contributed by atoms with Crippen LogP contribution in [0.5, 0.6) is 0 Å². The minimum absolute atomic E-state index is 0.142. The molecule has 0 N–H and O–H groups in total. The number of carbonyl (C=O) groups is 1. The van der Waals surface area contributed by atoms with Gasteiger partial charge in [-0.25, -0.2) is 4.98 Å². The highest BCUT2D eigenvalue weighted by Crippen LogP contribution is 2.57. The Morgan fingerprint density at radius 3 is 2.20 bits per heavy atom. The normalized spacial score (nSPS) is 30.2. The lowest BCUT2D eigenvalue weighted by Crippen LogP contribution is -2.64.